The Balaban J connectivity index is 2.81. The van der Waals surface area contributed by atoms with E-state index in [4.69, 9.17) is 16.3 Å². The van der Waals surface area contributed by atoms with Gasteiger partial charge in [-0.25, -0.2) is 0 Å². The van der Waals surface area contributed by atoms with Gasteiger partial charge in [0.25, 0.3) is 0 Å². The van der Waals surface area contributed by atoms with E-state index >= 15 is 0 Å². The van der Waals surface area contributed by atoms with Gasteiger partial charge in [-0.1, -0.05) is 66.7 Å². The van der Waals surface area contributed by atoms with Crippen molar-refractivity contribution in [2.75, 3.05) is 7.11 Å². The second-order valence-electron chi connectivity index (χ2n) is 4.61. The smallest absolute Gasteiger partial charge is 0.137 e. The molecule has 1 aromatic carbocycles. The van der Waals surface area contributed by atoms with Crippen LogP contribution < -0.4 is 4.74 Å². The summed E-state index contributed by atoms with van der Waals surface area (Å²) in [6.45, 7) is 4.49. The van der Waals surface area contributed by atoms with Gasteiger partial charge in [0, 0.05) is 4.83 Å². The molecule has 0 N–H and O–H groups in total. The zero-order valence-corrected chi connectivity index (χ0v) is 13.7. The van der Waals surface area contributed by atoms with Crippen LogP contribution in [0.15, 0.2) is 18.2 Å². The van der Waals surface area contributed by atoms with E-state index in [2.05, 4.69) is 35.8 Å². The Labute approximate surface area is 124 Å². The van der Waals surface area contributed by atoms with Crippen molar-refractivity contribution in [1.29, 1.82) is 0 Å². The molecule has 2 unspecified atom stereocenters. The molecule has 3 heteroatoms. The summed E-state index contributed by atoms with van der Waals surface area (Å²) in [4.78, 5) is 0.373. The van der Waals surface area contributed by atoms with Crippen molar-refractivity contribution in [2.45, 2.75) is 44.4 Å². The van der Waals surface area contributed by atoms with Crippen LogP contribution >= 0.6 is 27.5 Å². The molecule has 0 fully saturated rings. The van der Waals surface area contributed by atoms with Crippen molar-refractivity contribution >= 4 is 27.5 Å². The van der Waals surface area contributed by atoms with Crippen molar-refractivity contribution < 1.29 is 4.74 Å². The van der Waals surface area contributed by atoms with E-state index in [0.29, 0.717) is 15.8 Å². The lowest BCUT2D eigenvalue weighted by Crippen LogP contribution is -2.07. The van der Waals surface area contributed by atoms with Crippen LogP contribution in [0.1, 0.15) is 49.9 Å². The van der Waals surface area contributed by atoms with Crippen molar-refractivity contribution in [1.82, 2.24) is 0 Å². The van der Waals surface area contributed by atoms with Crippen molar-refractivity contribution in [3.05, 3.63) is 28.8 Å². The van der Waals surface area contributed by atoms with E-state index in [1.165, 1.54) is 31.2 Å². The third kappa shape index (κ3) is 4.17. The molecule has 0 aliphatic carbocycles. The van der Waals surface area contributed by atoms with Gasteiger partial charge in [-0.15, -0.1) is 0 Å². The van der Waals surface area contributed by atoms with E-state index in [1.54, 1.807) is 7.11 Å². The Morgan fingerprint density at radius 1 is 1.33 bits per heavy atom. The molecule has 18 heavy (non-hydrogen) atoms. The highest BCUT2D eigenvalue weighted by Gasteiger charge is 2.19. The largest absolute Gasteiger partial charge is 0.495 e. The van der Waals surface area contributed by atoms with E-state index in [9.17, 15) is 0 Å². The van der Waals surface area contributed by atoms with E-state index in [0.717, 1.165) is 5.75 Å². The zero-order valence-electron chi connectivity index (χ0n) is 11.4. The lowest BCUT2D eigenvalue weighted by atomic mass is 9.92. The first-order chi connectivity index (χ1) is 8.63. The van der Waals surface area contributed by atoms with Crippen molar-refractivity contribution in [3.63, 3.8) is 0 Å². The minimum absolute atomic E-state index is 0.373. The van der Waals surface area contributed by atoms with E-state index < -0.39 is 0 Å². The monoisotopic (exact) mass is 332 g/mol. The molecule has 0 saturated heterocycles. The van der Waals surface area contributed by atoms with Gasteiger partial charge >= 0.3 is 0 Å². The maximum Gasteiger partial charge on any atom is 0.137 e. The summed E-state index contributed by atoms with van der Waals surface area (Å²) >= 11 is 10.0. The van der Waals surface area contributed by atoms with E-state index in [1.807, 2.05) is 12.1 Å². The highest BCUT2D eigenvalue weighted by atomic mass is 79.9. The molecule has 1 nitrogen and oxygen atoms in total. The Bertz CT molecular complexity index is 368. The van der Waals surface area contributed by atoms with Crippen LogP contribution in [0.4, 0.5) is 0 Å². The van der Waals surface area contributed by atoms with Gasteiger partial charge in [-0.3, -0.25) is 0 Å². The van der Waals surface area contributed by atoms with Crippen LogP contribution in [0.5, 0.6) is 5.75 Å². The minimum Gasteiger partial charge on any atom is -0.495 e. The topological polar surface area (TPSA) is 9.23 Å². The van der Waals surface area contributed by atoms with Gasteiger partial charge in [-0.05, 0) is 30.0 Å². The lowest BCUT2D eigenvalue weighted by molar-refractivity contribution is 0.414. The van der Waals surface area contributed by atoms with Gasteiger partial charge in [0.1, 0.15) is 5.75 Å². The third-order valence-electron chi connectivity index (χ3n) is 3.36. The Hall–Kier alpha value is -0.210. The Morgan fingerprint density at radius 3 is 2.56 bits per heavy atom. The summed E-state index contributed by atoms with van der Waals surface area (Å²) in [5, 5.41) is 0.685. The molecule has 102 valence electrons. The second-order valence-corrected chi connectivity index (χ2v) is 6.00. The quantitative estimate of drug-likeness (QED) is 0.556. The van der Waals surface area contributed by atoms with Crippen molar-refractivity contribution in [3.8, 4) is 5.75 Å². The number of alkyl halides is 1. The Kier molecular flexibility index (Phi) is 7.10. The Morgan fingerprint density at radius 2 is 2.06 bits per heavy atom. The molecule has 0 bridgehead atoms. The van der Waals surface area contributed by atoms with Gasteiger partial charge in [0.2, 0.25) is 0 Å². The predicted molar refractivity (Wildman–Crippen MR) is 83.0 cm³/mol. The number of ether oxygens (including phenoxy) is 1. The molecule has 0 aliphatic rings. The highest BCUT2D eigenvalue weighted by Crippen LogP contribution is 2.38. The predicted octanol–water partition coefficient (Wildman–Crippen LogP) is 6.00. The highest BCUT2D eigenvalue weighted by molar-refractivity contribution is 9.09. The van der Waals surface area contributed by atoms with Gasteiger partial charge in [0.05, 0.1) is 12.1 Å². The molecule has 0 aliphatic heterocycles. The van der Waals surface area contributed by atoms with Crippen LogP contribution in [-0.2, 0) is 0 Å². The molecule has 1 aromatic rings. The molecule has 0 radical (unpaired) electrons. The summed E-state index contributed by atoms with van der Waals surface area (Å²) < 4.78 is 5.18. The van der Waals surface area contributed by atoms with E-state index in [-0.39, 0.29) is 0 Å². The standard InChI is InChI=1S/C15H22BrClO/c1-4-6-7-11(5-2)15(16)12-8-9-14(18-3)13(17)10-12/h8-11,15H,4-7H2,1-3H3. The number of halogens is 2. The number of hydrogen-bond acceptors (Lipinski definition) is 1. The number of rotatable bonds is 7. The first-order valence-corrected chi connectivity index (χ1v) is 7.90. The summed E-state index contributed by atoms with van der Waals surface area (Å²) in [7, 11) is 1.64. The number of methoxy groups -OCH3 is 1. The lowest BCUT2D eigenvalue weighted by Gasteiger charge is -2.22. The number of benzene rings is 1. The number of unbranched alkanes of at least 4 members (excludes halogenated alkanes) is 1. The fraction of sp³-hybridized carbons (Fsp3) is 0.600. The van der Waals surface area contributed by atoms with Crippen LogP contribution in [0.2, 0.25) is 5.02 Å². The van der Waals surface area contributed by atoms with Crippen LogP contribution in [0, 0.1) is 5.92 Å². The fourth-order valence-electron chi connectivity index (χ4n) is 2.15. The van der Waals surface area contributed by atoms with Gasteiger partial charge < -0.3 is 4.74 Å². The van der Waals surface area contributed by atoms with Crippen LogP contribution in [-0.4, -0.2) is 7.11 Å². The molecule has 0 spiro atoms. The SMILES string of the molecule is CCCCC(CC)C(Br)c1ccc(OC)c(Cl)c1. The first-order valence-electron chi connectivity index (χ1n) is 6.61. The molecule has 0 amide bonds. The van der Waals surface area contributed by atoms with Gasteiger partial charge in [0.15, 0.2) is 0 Å². The first kappa shape index (κ1) is 15.8. The number of hydrogen-bond donors (Lipinski definition) is 0. The second kappa shape index (κ2) is 8.06. The molecule has 1 rings (SSSR count). The zero-order chi connectivity index (χ0) is 13.5. The molecule has 0 heterocycles. The average Bonchev–Trinajstić information content (AvgIpc) is 2.39. The molecular weight excluding hydrogens is 312 g/mol. The molecule has 2 atom stereocenters. The maximum absolute atomic E-state index is 6.18. The van der Waals surface area contributed by atoms with Crippen LogP contribution in [0.25, 0.3) is 0 Å². The maximum atomic E-state index is 6.18. The minimum atomic E-state index is 0.373. The fourth-order valence-corrected chi connectivity index (χ4v) is 3.34. The van der Waals surface area contributed by atoms with Gasteiger partial charge in [-0.2, -0.15) is 0 Å². The average molecular weight is 334 g/mol. The summed E-state index contributed by atoms with van der Waals surface area (Å²) in [6, 6.07) is 6.05. The van der Waals surface area contributed by atoms with Crippen molar-refractivity contribution in [2.24, 2.45) is 5.92 Å². The molecular formula is C15H22BrClO. The summed E-state index contributed by atoms with van der Waals surface area (Å²) in [5.74, 6) is 1.40. The van der Waals surface area contributed by atoms with Crippen LogP contribution in [0.3, 0.4) is 0 Å². The summed E-state index contributed by atoms with van der Waals surface area (Å²) in [6.07, 6.45) is 4.97. The summed E-state index contributed by atoms with van der Waals surface area (Å²) in [5.41, 5.74) is 1.24. The normalized spacial score (nSPS) is 14.3. The molecule has 0 aromatic heterocycles. The third-order valence-corrected chi connectivity index (χ3v) is 4.93. The molecule has 0 saturated carbocycles.